The summed E-state index contributed by atoms with van der Waals surface area (Å²) in [6.45, 7) is 3.16. The van der Waals surface area contributed by atoms with Crippen molar-refractivity contribution >= 4 is 16.9 Å². The van der Waals surface area contributed by atoms with Crippen LogP contribution in [0.3, 0.4) is 0 Å². The standard InChI is InChI=1S/C10H14N2O3S/c1-6-3-11-4-8(12-6)10(15)9(14)5-16-7(2)13/h3-4,9-10,14-15H,5H2,1-2H3. The van der Waals surface area contributed by atoms with Crippen molar-refractivity contribution in [3.8, 4) is 0 Å². The van der Waals surface area contributed by atoms with Crippen molar-refractivity contribution in [2.75, 3.05) is 5.75 Å². The van der Waals surface area contributed by atoms with E-state index in [0.29, 0.717) is 11.4 Å². The minimum Gasteiger partial charge on any atom is -0.389 e. The average molecular weight is 242 g/mol. The highest BCUT2D eigenvalue weighted by atomic mass is 32.2. The molecule has 6 heteroatoms. The molecular weight excluding hydrogens is 228 g/mol. The molecule has 1 heterocycles. The second-order valence-corrected chi connectivity index (χ2v) is 4.60. The van der Waals surface area contributed by atoms with E-state index in [2.05, 4.69) is 9.97 Å². The largest absolute Gasteiger partial charge is 0.389 e. The highest BCUT2D eigenvalue weighted by Crippen LogP contribution is 2.17. The first-order chi connectivity index (χ1) is 7.50. The monoisotopic (exact) mass is 242 g/mol. The van der Waals surface area contributed by atoms with E-state index < -0.39 is 12.2 Å². The molecule has 0 saturated carbocycles. The van der Waals surface area contributed by atoms with Crippen LogP contribution in [0.1, 0.15) is 24.4 Å². The number of aliphatic hydroxyl groups excluding tert-OH is 2. The Labute approximate surface area is 97.9 Å². The first-order valence-electron chi connectivity index (χ1n) is 4.78. The smallest absolute Gasteiger partial charge is 0.185 e. The molecule has 0 spiro atoms. The van der Waals surface area contributed by atoms with Crippen LogP contribution in [-0.2, 0) is 4.79 Å². The average Bonchev–Trinajstić information content (AvgIpc) is 2.24. The van der Waals surface area contributed by atoms with Gasteiger partial charge in [-0.3, -0.25) is 14.8 Å². The first-order valence-corrected chi connectivity index (χ1v) is 5.77. The fraction of sp³-hybridized carbons (Fsp3) is 0.500. The van der Waals surface area contributed by atoms with Gasteiger partial charge >= 0.3 is 0 Å². The molecule has 0 aliphatic carbocycles. The zero-order chi connectivity index (χ0) is 12.1. The first kappa shape index (κ1) is 13.1. The van der Waals surface area contributed by atoms with Gasteiger partial charge in [-0.2, -0.15) is 0 Å². The minimum atomic E-state index is -1.11. The van der Waals surface area contributed by atoms with Gasteiger partial charge < -0.3 is 10.2 Å². The molecule has 2 N–H and O–H groups in total. The van der Waals surface area contributed by atoms with Crippen LogP contribution in [0.2, 0.25) is 0 Å². The summed E-state index contributed by atoms with van der Waals surface area (Å²) >= 11 is 0.969. The van der Waals surface area contributed by atoms with Crippen LogP contribution in [0, 0.1) is 6.92 Å². The molecule has 0 aromatic carbocycles. The molecule has 0 aliphatic heterocycles. The van der Waals surface area contributed by atoms with E-state index in [0.717, 1.165) is 11.8 Å². The van der Waals surface area contributed by atoms with Gasteiger partial charge in [-0.05, 0) is 6.92 Å². The third-order valence-electron chi connectivity index (χ3n) is 1.90. The third kappa shape index (κ3) is 3.88. The number of aryl methyl sites for hydroxylation is 1. The van der Waals surface area contributed by atoms with E-state index in [4.69, 9.17) is 0 Å². The van der Waals surface area contributed by atoms with Crippen molar-refractivity contribution in [2.45, 2.75) is 26.1 Å². The van der Waals surface area contributed by atoms with Gasteiger partial charge in [-0.15, -0.1) is 0 Å². The van der Waals surface area contributed by atoms with E-state index in [-0.39, 0.29) is 10.9 Å². The SMILES string of the molecule is CC(=O)SCC(O)C(O)c1cncc(C)n1. The third-order valence-corrected chi connectivity index (χ3v) is 2.81. The van der Waals surface area contributed by atoms with Crippen LogP contribution < -0.4 is 0 Å². The molecule has 2 unspecified atom stereocenters. The predicted molar refractivity (Wildman–Crippen MR) is 60.9 cm³/mol. The lowest BCUT2D eigenvalue weighted by Crippen LogP contribution is -2.22. The fourth-order valence-electron chi connectivity index (χ4n) is 1.12. The quantitative estimate of drug-likeness (QED) is 0.798. The van der Waals surface area contributed by atoms with Crippen LogP contribution in [0.5, 0.6) is 0 Å². The van der Waals surface area contributed by atoms with Crippen LogP contribution in [-0.4, -0.2) is 37.2 Å². The lowest BCUT2D eigenvalue weighted by atomic mass is 10.2. The maximum Gasteiger partial charge on any atom is 0.185 e. The number of nitrogens with zero attached hydrogens (tertiary/aromatic N) is 2. The fourth-order valence-corrected chi connectivity index (χ4v) is 1.70. The summed E-state index contributed by atoms with van der Waals surface area (Å²) in [7, 11) is 0. The van der Waals surface area contributed by atoms with E-state index in [1.807, 2.05) is 0 Å². The normalized spacial score (nSPS) is 14.5. The molecule has 1 aromatic heterocycles. The van der Waals surface area contributed by atoms with Gasteiger partial charge in [0.2, 0.25) is 0 Å². The lowest BCUT2D eigenvalue weighted by molar-refractivity contribution is -0.109. The van der Waals surface area contributed by atoms with Crippen molar-refractivity contribution in [2.24, 2.45) is 0 Å². The second kappa shape index (κ2) is 5.93. The summed E-state index contributed by atoms with van der Waals surface area (Å²) in [6.07, 6.45) is 0.830. The van der Waals surface area contributed by atoms with Gasteiger partial charge in [-0.1, -0.05) is 11.8 Å². The molecule has 1 aromatic rings. The Morgan fingerprint density at radius 1 is 1.50 bits per heavy atom. The van der Waals surface area contributed by atoms with E-state index in [1.54, 1.807) is 13.1 Å². The predicted octanol–water partition coefficient (Wildman–Crippen LogP) is 0.459. The summed E-state index contributed by atoms with van der Waals surface area (Å²) in [4.78, 5) is 18.6. The van der Waals surface area contributed by atoms with Crippen LogP contribution in [0.15, 0.2) is 12.4 Å². The zero-order valence-electron chi connectivity index (χ0n) is 9.12. The molecular formula is C10H14N2O3S. The number of rotatable bonds is 4. The molecule has 16 heavy (non-hydrogen) atoms. The molecule has 0 bridgehead atoms. The van der Waals surface area contributed by atoms with Crippen molar-refractivity contribution in [1.82, 2.24) is 9.97 Å². The molecule has 0 aliphatic rings. The van der Waals surface area contributed by atoms with Crippen LogP contribution in [0.25, 0.3) is 0 Å². The van der Waals surface area contributed by atoms with Crippen molar-refractivity contribution in [3.63, 3.8) is 0 Å². The summed E-state index contributed by atoms with van der Waals surface area (Å²) in [5.41, 5.74) is 0.986. The number of carbonyl (C=O) groups is 1. The molecule has 1 rings (SSSR count). The van der Waals surface area contributed by atoms with Gasteiger partial charge in [0.1, 0.15) is 6.10 Å². The molecule has 0 amide bonds. The number of aliphatic hydroxyl groups is 2. The highest BCUT2D eigenvalue weighted by Gasteiger charge is 2.20. The Morgan fingerprint density at radius 2 is 2.19 bits per heavy atom. The van der Waals surface area contributed by atoms with Gasteiger partial charge in [0.25, 0.3) is 0 Å². The second-order valence-electron chi connectivity index (χ2n) is 3.40. The van der Waals surface area contributed by atoms with Crippen LogP contribution >= 0.6 is 11.8 Å². The Bertz CT molecular complexity index is 373. The van der Waals surface area contributed by atoms with E-state index in [9.17, 15) is 15.0 Å². The van der Waals surface area contributed by atoms with Crippen molar-refractivity contribution in [1.29, 1.82) is 0 Å². The maximum absolute atomic E-state index is 10.7. The number of hydrogen-bond donors (Lipinski definition) is 2. The molecule has 0 radical (unpaired) electrons. The molecule has 0 fully saturated rings. The van der Waals surface area contributed by atoms with Crippen molar-refractivity contribution < 1.29 is 15.0 Å². The highest BCUT2D eigenvalue weighted by molar-refractivity contribution is 8.13. The zero-order valence-corrected chi connectivity index (χ0v) is 9.94. The number of aromatic nitrogens is 2. The lowest BCUT2D eigenvalue weighted by Gasteiger charge is -2.16. The molecule has 88 valence electrons. The van der Waals surface area contributed by atoms with Crippen molar-refractivity contribution in [3.05, 3.63) is 23.8 Å². The summed E-state index contributed by atoms with van der Waals surface area (Å²) in [6, 6.07) is 0. The Kier molecular flexibility index (Phi) is 4.85. The minimum absolute atomic E-state index is 0.0958. The van der Waals surface area contributed by atoms with Gasteiger partial charge in [0.05, 0.1) is 23.7 Å². The maximum atomic E-state index is 10.7. The number of hydrogen-bond acceptors (Lipinski definition) is 6. The summed E-state index contributed by atoms with van der Waals surface area (Å²) in [5, 5.41) is 19.3. The number of thioether (sulfide) groups is 1. The Hall–Kier alpha value is -0.980. The Balaban J connectivity index is 2.62. The summed E-state index contributed by atoms with van der Waals surface area (Å²) < 4.78 is 0. The van der Waals surface area contributed by atoms with E-state index >= 15 is 0 Å². The summed E-state index contributed by atoms with van der Waals surface area (Å²) in [5.74, 6) is 0.145. The Morgan fingerprint density at radius 3 is 2.75 bits per heavy atom. The van der Waals surface area contributed by atoms with Gasteiger partial charge in [-0.25, -0.2) is 0 Å². The molecule has 5 nitrogen and oxygen atoms in total. The van der Waals surface area contributed by atoms with E-state index in [1.165, 1.54) is 13.1 Å². The number of carbonyl (C=O) groups excluding carboxylic acids is 1. The van der Waals surface area contributed by atoms with Crippen LogP contribution in [0.4, 0.5) is 0 Å². The molecule has 2 atom stereocenters. The molecule has 0 saturated heterocycles. The van der Waals surface area contributed by atoms with Gasteiger partial charge in [0.15, 0.2) is 5.12 Å². The topological polar surface area (TPSA) is 83.3 Å². The van der Waals surface area contributed by atoms with Gasteiger partial charge in [0, 0.05) is 18.9 Å².